The van der Waals surface area contributed by atoms with Crippen molar-refractivity contribution in [2.24, 2.45) is 16.8 Å². The molecule has 1 saturated carbocycles. The molecule has 0 amide bonds. The van der Waals surface area contributed by atoms with Gasteiger partial charge in [-0.2, -0.15) is 0 Å². The van der Waals surface area contributed by atoms with E-state index < -0.39 is 0 Å². The first-order valence-corrected chi connectivity index (χ1v) is 9.34. The van der Waals surface area contributed by atoms with Crippen LogP contribution in [0.25, 0.3) is 0 Å². The fourth-order valence-corrected chi connectivity index (χ4v) is 3.79. The van der Waals surface area contributed by atoms with Crippen LogP contribution in [0.4, 0.5) is 0 Å². The minimum atomic E-state index is 0.489. The first-order chi connectivity index (χ1) is 11.6. The Labute approximate surface area is 146 Å². The van der Waals surface area contributed by atoms with Crippen LogP contribution in [0, 0.1) is 11.8 Å². The molecule has 4 nitrogen and oxygen atoms in total. The van der Waals surface area contributed by atoms with E-state index in [1.807, 2.05) is 7.05 Å². The van der Waals surface area contributed by atoms with Gasteiger partial charge >= 0.3 is 0 Å². The van der Waals surface area contributed by atoms with E-state index in [-0.39, 0.29) is 0 Å². The van der Waals surface area contributed by atoms with Crippen LogP contribution in [-0.2, 0) is 0 Å². The molecule has 1 saturated heterocycles. The summed E-state index contributed by atoms with van der Waals surface area (Å²) >= 11 is 0. The zero-order valence-electron chi connectivity index (χ0n) is 15.5. The molecule has 4 unspecified atom stereocenters. The summed E-state index contributed by atoms with van der Waals surface area (Å²) in [5.74, 6) is 3.07. The monoisotopic (exact) mass is 328 g/mol. The summed E-state index contributed by atoms with van der Waals surface area (Å²) in [5, 5.41) is 7.18. The molecule has 1 aliphatic heterocycles. The van der Waals surface area contributed by atoms with E-state index in [2.05, 4.69) is 71.6 Å². The molecule has 4 atom stereocenters. The van der Waals surface area contributed by atoms with E-state index in [1.165, 1.54) is 18.5 Å². The van der Waals surface area contributed by atoms with E-state index in [9.17, 15) is 0 Å². The molecule has 2 fully saturated rings. The van der Waals surface area contributed by atoms with Gasteiger partial charge < -0.3 is 10.6 Å². The van der Waals surface area contributed by atoms with E-state index in [4.69, 9.17) is 0 Å². The van der Waals surface area contributed by atoms with Crippen LogP contribution in [-0.4, -0.2) is 49.6 Å². The quantitative estimate of drug-likeness (QED) is 0.645. The van der Waals surface area contributed by atoms with Crippen molar-refractivity contribution < 1.29 is 0 Å². The van der Waals surface area contributed by atoms with Crippen LogP contribution in [0.1, 0.15) is 38.7 Å². The van der Waals surface area contributed by atoms with Crippen LogP contribution in [0.5, 0.6) is 0 Å². The minimum Gasteiger partial charge on any atom is -0.356 e. The van der Waals surface area contributed by atoms with Gasteiger partial charge in [0.15, 0.2) is 5.96 Å². The zero-order valence-corrected chi connectivity index (χ0v) is 15.5. The molecule has 24 heavy (non-hydrogen) atoms. The zero-order chi connectivity index (χ0) is 17.1. The topological polar surface area (TPSA) is 39.7 Å². The van der Waals surface area contributed by atoms with Gasteiger partial charge in [-0.15, -0.1) is 0 Å². The van der Waals surface area contributed by atoms with Gasteiger partial charge in [0.25, 0.3) is 0 Å². The van der Waals surface area contributed by atoms with Crippen molar-refractivity contribution in [2.45, 2.75) is 45.2 Å². The van der Waals surface area contributed by atoms with Gasteiger partial charge in [0, 0.05) is 38.8 Å². The van der Waals surface area contributed by atoms with Crippen LogP contribution < -0.4 is 10.6 Å². The fourth-order valence-electron chi connectivity index (χ4n) is 3.79. The Morgan fingerprint density at radius 3 is 2.62 bits per heavy atom. The van der Waals surface area contributed by atoms with Crippen LogP contribution in [0.15, 0.2) is 35.3 Å². The first-order valence-electron chi connectivity index (χ1n) is 9.34. The third-order valence-electron chi connectivity index (χ3n) is 5.60. The van der Waals surface area contributed by atoms with E-state index in [1.54, 1.807) is 0 Å². The highest BCUT2D eigenvalue weighted by Crippen LogP contribution is 2.46. The Kier molecular flexibility index (Phi) is 5.44. The second-order valence-corrected chi connectivity index (χ2v) is 7.74. The Hall–Kier alpha value is -1.55. The molecule has 1 aromatic carbocycles. The molecule has 1 aromatic rings. The average Bonchev–Trinajstić information content (AvgIpc) is 3.27. The molecule has 2 aliphatic rings. The summed E-state index contributed by atoms with van der Waals surface area (Å²) in [6, 6.07) is 12.0. The van der Waals surface area contributed by atoms with Crippen LogP contribution in [0.3, 0.4) is 0 Å². The lowest BCUT2D eigenvalue weighted by molar-refractivity contribution is 0.265. The summed E-state index contributed by atoms with van der Waals surface area (Å²) in [6.07, 6.45) is 1.29. The number of benzene rings is 1. The van der Waals surface area contributed by atoms with Gasteiger partial charge in [0.2, 0.25) is 0 Å². The SMILES string of the molecule is CN=C(NCC1CC1c1ccccc1)NC1CN(C(C)C)CC1C. The highest BCUT2D eigenvalue weighted by atomic mass is 15.3. The predicted octanol–water partition coefficient (Wildman–Crippen LogP) is 2.68. The van der Waals surface area contributed by atoms with E-state index in [0.717, 1.165) is 30.9 Å². The standard InChI is InChI=1S/C20H32N4/c1-14(2)24-12-15(3)19(13-24)23-20(21-4)22-11-17-10-18(17)16-8-6-5-7-9-16/h5-9,14-15,17-19H,10-13H2,1-4H3,(H2,21,22,23). The lowest BCUT2D eigenvalue weighted by Gasteiger charge is -2.22. The van der Waals surface area contributed by atoms with Crippen molar-refractivity contribution in [3.63, 3.8) is 0 Å². The summed E-state index contributed by atoms with van der Waals surface area (Å²) < 4.78 is 0. The van der Waals surface area contributed by atoms with E-state index >= 15 is 0 Å². The molecule has 4 heteroatoms. The number of likely N-dealkylation sites (tertiary alicyclic amines) is 1. The highest BCUT2D eigenvalue weighted by molar-refractivity contribution is 5.80. The summed E-state index contributed by atoms with van der Waals surface area (Å²) in [6.45, 7) is 10.2. The predicted molar refractivity (Wildman–Crippen MR) is 101 cm³/mol. The van der Waals surface area contributed by atoms with Crippen LogP contribution >= 0.6 is 0 Å². The smallest absolute Gasteiger partial charge is 0.191 e. The third-order valence-corrected chi connectivity index (χ3v) is 5.60. The van der Waals surface area contributed by atoms with Crippen molar-refractivity contribution in [3.05, 3.63) is 35.9 Å². The molecule has 0 radical (unpaired) electrons. The summed E-state index contributed by atoms with van der Waals surface area (Å²) in [7, 11) is 1.87. The Balaban J connectivity index is 1.45. The number of hydrogen-bond acceptors (Lipinski definition) is 2. The Morgan fingerprint density at radius 2 is 2.00 bits per heavy atom. The number of aliphatic imine (C=N–C) groups is 1. The second-order valence-electron chi connectivity index (χ2n) is 7.74. The fraction of sp³-hybridized carbons (Fsp3) is 0.650. The van der Waals surface area contributed by atoms with Gasteiger partial charge in [0.05, 0.1) is 0 Å². The number of guanidine groups is 1. The maximum Gasteiger partial charge on any atom is 0.191 e. The molecule has 132 valence electrons. The largest absolute Gasteiger partial charge is 0.356 e. The third kappa shape index (κ3) is 4.10. The molecule has 2 N–H and O–H groups in total. The normalized spacial score (nSPS) is 30.6. The van der Waals surface area contributed by atoms with Crippen molar-refractivity contribution in [1.82, 2.24) is 15.5 Å². The first kappa shape index (κ1) is 17.3. The molecular weight excluding hydrogens is 296 g/mol. The van der Waals surface area contributed by atoms with Crippen molar-refractivity contribution in [1.29, 1.82) is 0 Å². The molecule has 1 aliphatic carbocycles. The average molecular weight is 329 g/mol. The number of nitrogens with one attached hydrogen (secondary N) is 2. The van der Waals surface area contributed by atoms with Gasteiger partial charge in [-0.3, -0.25) is 9.89 Å². The highest BCUT2D eigenvalue weighted by Gasteiger charge is 2.38. The van der Waals surface area contributed by atoms with Crippen molar-refractivity contribution in [2.75, 3.05) is 26.7 Å². The molecule has 1 heterocycles. The number of hydrogen-bond donors (Lipinski definition) is 2. The van der Waals surface area contributed by atoms with Crippen LogP contribution in [0.2, 0.25) is 0 Å². The van der Waals surface area contributed by atoms with Gasteiger partial charge in [0.1, 0.15) is 0 Å². The molecular formula is C20H32N4. The van der Waals surface area contributed by atoms with Gasteiger partial charge in [-0.25, -0.2) is 0 Å². The molecule has 3 rings (SSSR count). The molecule has 0 spiro atoms. The Bertz CT molecular complexity index is 554. The molecule has 0 bridgehead atoms. The van der Waals surface area contributed by atoms with E-state index in [0.29, 0.717) is 18.0 Å². The minimum absolute atomic E-state index is 0.489. The lowest BCUT2D eigenvalue weighted by atomic mass is 10.1. The lowest BCUT2D eigenvalue weighted by Crippen LogP contribution is -2.47. The van der Waals surface area contributed by atoms with Gasteiger partial charge in [-0.05, 0) is 43.6 Å². The number of rotatable bonds is 5. The summed E-state index contributed by atoms with van der Waals surface area (Å²) in [4.78, 5) is 6.97. The maximum absolute atomic E-state index is 4.43. The van der Waals surface area contributed by atoms with Gasteiger partial charge in [-0.1, -0.05) is 37.3 Å². The Morgan fingerprint density at radius 1 is 1.25 bits per heavy atom. The summed E-state index contributed by atoms with van der Waals surface area (Å²) in [5.41, 5.74) is 1.48. The maximum atomic E-state index is 4.43. The van der Waals surface area contributed by atoms with Crippen molar-refractivity contribution in [3.8, 4) is 0 Å². The molecule has 0 aromatic heterocycles. The number of nitrogens with zero attached hydrogens (tertiary/aromatic N) is 2. The van der Waals surface area contributed by atoms with Crippen molar-refractivity contribution >= 4 is 5.96 Å². The second kappa shape index (κ2) is 7.56.